The van der Waals surface area contributed by atoms with Gasteiger partial charge in [0.15, 0.2) is 0 Å². The van der Waals surface area contributed by atoms with Crippen LogP contribution in [0.5, 0.6) is 0 Å². The summed E-state index contributed by atoms with van der Waals surface area (Å²) in [5, 5.41) is 3.74. The van der Waals surface area contributed by atoms with Crippen molar-refractivity contribution in [3.05, 3.63) is 34.3 Å². The second-order valence-corrected chi connectivity index (χ2v) is 5.63. The molecule has 1 N–H and O–H groups in total. The van der Waals surface area contributed by atoms with Gasteiger partial charge < -0.3 is 5.32 Å². The summed E-state index contributed by atoms with van der Waals surface area (Å²) in [6, 6.07) is 9.70. The third-order valence-electron chi connectivity index (χ3n) is 3.13. The number of hydrogen-bond donors (Lipinski definition) is 1. The lowest BCUT2D eigenvalue weighted by atomic mass is 10.0. The van der Waals surface area contributed by atoms with Gasteiger partial charge >= 0.3 is 0 Å². The van der Waals surface area contributed by atoms with Crippen LogP contribution in [0.25, 0.3) is 0 Å². The molecule has 0 unspecified atom stereocenters. The molecule has 0 heterocycles. The van der Waals surface area contributed by atoms with Crippen molar-refractivity contribution < 1.29 is 0 Å². The lowest BCUT2D eigenvalue weighted by molar-refractivity contribution is 0.402. The summed E-state index contributed by atoms with van der Waals surface area (Å²) >= 11 is 3.47. The van der Waals surface area contributed by atoms with Crippen molar-refractivity contribution in [1.29, 1.82) is 0 Å². The average Bonchev–Trinajstić information content (AvgIpc) is 2.30. The molecule has 1 rings (SSSR count). The Morgan fingerprint density at radius 2 is 1.59 bits per heavy atom. The van der Waals surface area contributed by atoms with Crippen LogP contribution in [-0.4, -0.2) is 6.04 Å². The highest BCUT2D eigenvalue weighted by molar-refractivity contribution is 9.10. The summed E-state index contributed by atoms with van der Waals surface area (Å²) in [5.74, 6) is 0. The van der Waals surface area contributed by atoms with Crippen LogP contribution in [0, 0.1) is 0 Å². The van der Waals surface area contributed by atoms with Crippen molar-refractivity contribution >= 4 is 15.9 Å². The van der Waals surface area contributed by atoms with E-state index in [1.54, 1.807) is 0 Å². The lowest BCUT2D eigenvalue weighted by Crippen LogP contribution is -2.31. The van der Waals surface area contributed by atoms with E-state index < -0.39 is 0 Å². The van der Waals surface area contributed by atoms with Gasteiger partial charge in [-0.3, -0.25) is 0 Å². The Morgan fingerprint density at radius 3 is 2.06 bits per heavy atom. The summed E-state index contributed by atoms with van der Waals surface area (Å²) in [7, 11) is 0. The number of halogens is 1. The Morgan fingerprint density at radius 1 is 1.06 bits per heavy atom. The Hall–Kier alpha value is -0.340. The van der Waals surface area contributed by atoms with Gasteiger partial charge in [0.1, 0.15) is 0 Å². The molecule has 0 radical (unpaired) electrons. The van der Waals surface area contributed by atoms with Crippen LogP contribution in [0.2, 0.25) is 0 Å². The largest absolute Gasteiger partial charge is 0.307 e. The Bertz CT molecular complexity index is 301. The standard InChI is InChI=1S/C15H24BrN/c1-4-6-15(7-5-2)17-12(3)13-8-10-14(16)11-9-13/h8-12,15,17H,4-7H2,1-3H3/t12-/m1/s1. The number of nitrogens with one attached hydrogen (secondary N) is 1. The quantitative estimate of drug-likeness (QED) is 0.741. The highest BCUT2D eigenvalue weighted by Crippen LogP contribution is 2.18. The van der Waals surface area contributed by atoms with E-state index >= 15 is 0 Å². The van der Waals surface area contributed by atoms with Crippen LogP contribution < -0.4 is 5.32 Å². The predicted molar refractivity (Wildman–Crippen MR) is 79.3 cm³/mol. The van der Waals surface area contributed by atoms with E-state index in [4.69, 9.17) is 0 Å². The Balaban J connectivity index is 2.56. The third kappa shape index (κ3) is 5.22. The summed E-state index contributed by atoms with van der Waals surface area (Å²) in [4.78, 5) is 0. The van der Waals surface area contributed by atoms with Gasteiger partial charge in [-0.1, -0.05) is 54.8 Å². The molecule has 0 fully saturated rings. The molecule has 17 heavy (non-hydrogen) atoms. The highest BCUT2D eigenvalue weighted by atomic mass is 79.9. The van der Waals surface area contributed by atoms with Crippen molar-refractivity contribution in [2.45, 2.75) is 58.5 Å². The van der Waals surface area contributed by atoms with E-state index in [1.165, 1.54) is 31.2 Å². The van der Waals surface area contributed by atoms with Gasteiger partial charge in [-0.15, -0.1) is 0 Å². The minimum Gasteiger partial charge on any atom is -0.307 e. The number of benzene rings is 1. The summed E-state index contributed by atoms with van der Waals surface area (Å²) in [6.45, 7) is 6.77. The molecule has 0 aliphatic heterocycles. The second kappa shape index (κ2) is 7.88. The van der Waals surface area contributed by atoms with Gasteiger partial charge in [-0.2, -0.15) is 0 Å². The molecule has 1 aromatic rings. The average molecular weight is 298 g/mol. The lowest BCUT2D eigenvalue weighted by Gasteiger charge is -2.23. The predicted octanol–water partition coefficient (Wildman–Crippen LogP) is 5.07. The highest BCUT2D eigenvalue weighted by Gasteiger charge is 2.11. The van der Waals surface area contributed by atoms with Crippen LogP contribution in [0.4, 0.5) is 0 Å². The van der Waals surface area contributed by atoms with Crippen molar-refractivity contribution in [1.82, 2.24) is 5.32 Å². The van der Waals surface area contributed by atoms with Gasteiger partial charge in [-0.05, 0) is 37.5 Å². The Kier molecular flexibility index (Phi) is 6.83. The van der Waals surface area contributed by atoms with Crippen LogP contribution >= 0.6 is 15.9 Å². The molecule has 0 saturated heterocycles. The second-order valence-electron chi connectivity index (χ2n) is 4.71. The zero-order valence-corrected chi connectivity index (χ0v) is 12.8. The van der Waals surface area contributed by atoms with Crippen molar-refractivity contribution in [3.8, 4) is 0 Å². The minimum absolute atomic E-state index is 0.436. The number of rotatable bonds is 7. The van der Waals surface area contributed by atoms with Crippen LogP contribution in [0.3, 0.4) is 0 Å². The minimum atomic E-state index is 0.436. The monoisotopic (exact) mass is 297 g/mol. The van der Waals surface area contributed by atoms with E-state index in [9.17, 15) is 0 Å². The summed E-state index contributed by atoms with van der Waals surface area (Å²) in [6.07, 6.45) is 5.05. The zero-order chi connectivity index (χ0) is 12.7. The van der Waals surface area contributed by atoms with Crippen molar-refractivity contribution in [3.63, 3.8) is 0 Å². The van der Waals surface area contributed by atoms with E-state index in [0.717, 1.165) is 4.47 Å². The first-order chi connectivity index (χ1) is 8.17. The fourth-order valence-electron chi connectivity index (χ4n) is 2.21. The van der Waals surface area contributed by atoms with E-state index in [1.807, 2.05) is 0 Å². The van der Waals surface area contributed by atoms with Gasteiger partial charge in [-0.25, -0.2) is 0 Å². The van der Waals surface area contributed by atoms with Gasteiger partial charge in [0.2, 0.25) is 0 Å². The maximum absolute atomic E-state index is 3.74. The number of hydrogen-bond acceptors (Lipinski definition) is 1. The maximum Gasteiger partial charge on any atom is 0.0294 e. The normalized spacial score (nSPS) is 13.0. The fourth-order valence-corrected chi connectivity index (χ4v) is 2.47. The first kappa shape index (κ1) is 14.7. The molecule has 0 saturated carbocycles. The molecule has 0 bridgehead atoms. The van der Waals surface area contributed by atoms with Gasteiger partial charge in [0, 0.05) is 16.6 Å². The summed E-state index contributed by atoms with van der Waals surface area (Å²) < 4.78 is 1.15. The molecule has 1 nitrogen and oxygen atoms in total. The van der Waals surface area contributed by atoms with E-state index in [-0.39, 0.29) is 0 Å². The van der Waals surface area contributed by atoms with Crippen molar-refractivity contribution in [2.24, 2.45) is 0 Å². The molecule has 2 heteroatoms. The molecule has 1 aromatic carbocycles. The molecule has 0 spiro atoms. The first-order valence-corrected chi connectivity index (χ1v) is 7.48. The van der Waals surface area contributed by atoms with E-state index in [2.05, 4.69) is 66.3 Å². The zero-order valence-electron chi connectivity index (χ0n) is 11.2. The molecule has 1 atom stereocenters. The SMILES string of the molecule is CCCC(CCC)N[C@H](C)c1ccc(Br)cc1. The molecule has 0 aliphatic carbocycles. The molecule has 96 valence electrons. The Labute approximate surface area is 114 Å². The first-order valence-electron chi connectivity index (χ1n) is 6.68. The van der Waals surface area contributed by atoms with Gasteiger partial charge in [0.25, 0.3) is 0 Å². The van der Waals surface area contributed by atoms with Crippen LogP contribution in [0.15, 0.2) is 28.7 Å². The maximum atomic E-state index is 3.74. The van der Waals surface area contributed by atoms with Gasteiger partial charge in [0.05, 0.1) is 0 Å². The van der Waals surface area contributed by atoms with Crippen LogP contribution in [0.1, 0.15) is 58.1 Å². The smallest absolute Gasteiger partial charge is 0.0294 e. The van der Waals surface area contributed by atoms with E-state index in [0.29, 0.717) is 12.1 Å². The third-order valence-corrected chi connectivity index (χ3v) is 3.66. The topological polar surface area (TPSA) is 12.0 Å². The molecule has 0 aliphatic rings. The summed E-state index contributed by atoms with van der Waals surface area (Å²) in [5.41, 5.74) is 1.37. The van der Waals surface area contributed by atoms with Crippen LogP contribution in [-0.2, 0) is 0 Å². The fraction of sp³-hybridized carbons (Fsp3) is 0.600. The molecule has 0 amide bonds. The molecular weight excluding hydrogens is 274 g/mol. The van der Waals surface area contributed by atoms with Crippen molar-refractivity contribution in [2.75, 3.05) is 0 Å². The molecular formula is C15H24BrN. The molecule has 0 aromatic heterocycles.